The molecule has 1 aromatic heterocycles. The summed E-state index contributed by atoms with van der Waals surface area (Å²) in [6, 6.07) is 5.40. The van der Waals surface area contributed by atoms with Crippen molar-refractivity contribution in [2.45, 2.75) is 0 Å². The number of ether oxygens (including phenoxy) is 1. The molecule has 0 aliphatic heterocycles. The summed E-state index contributed by atoms with van der Waals surface area (Å²) >= 11 is 9.23. The maximum atomic E-state index is 5.92. The predicted molar refractivity (Wildman–Crippen MR) is 65.7 cm³/mol. The Balaban J connectivity index is 2.36. The van der Waals surface area contributed by atoms with Gasteiger partial charge in [-0.15, -0.1) is 0 Å². The highest BCUT2D eigenvalue weighted by molar-refractivity contribution is 9.09. The Labute approximate surface area is 106 Å². The first-order valence-corrected chi connectivity index (χ1v) is 6.14. The highest BCUT2D eigenvalue weighted by Gasteiger charge is 2.07. The summed E-state index contributed by atoms with van der Waals surface area (Å²) in [5, 5.41) is 5.45. The minimum absolute atomic E-state index is 0.571. The molecule has 0 aliphatic rings. The van der Waals surface area contributed by atoms with Gasteiger partial charge in [-0.2, -0.15) is 5.10 Å². The number of aromatic nitrogens is 3. The molecule has 0 radical (unpaired) electrons. The van der Waals surface area contributed by atoms with E-state index in [1.165, 1.54) is 6.33 Å². The van der Waals surface area contributed by atoms with Gasteiger partial charge in [-0.1, -0.05) is 27.5 Å². The second-order valence-corrected chi connectivity index (χ2v) is 4.22. The van der Waals surface area contributed by atoms with Crippen LogP contribution in [0.1, 0.15) is 0 Å². The van der Waals surface area contributed by atoms with Gasteiger partial charge in [0.05, 0.1) is 6.61 Å². The minimum atomic E-state index is 0.571. The van der Waals surface area contributed by atoms with Crippen molar-refractivity contribution in [2.24, 2.45) is 0 Å². The van der Waals surface area contributed by atoms with Gasteiger partial charge in [0, 0.05) is 16.4 Å². The third-order valence-electron chi connectivity index (χ3n) is 1.92. The predicted octanol–water partition coefficient (Wildman–Crippen LogP) is 2.69. The Hall–Kier alpha value is -1.07. The largest absolute Gasteiger partial charge is 0.490 e. The van der Waals surface area contributed by atoms with Crippen molar-refractivity contribution in [3.05, 3.63) is 35.9 Å². The molecular formula is C10H9BrClN3O. The smallest absolute Gasteiger partial charge is 0.146 e. The van der Waals surface area contributed by atoms with E-state index in [9.17, 15) is 0 Å². The monoisotopic (exact) mass is 301 g/mol. The van der Waals surface area contributed by atoms with Gasteiger partial charge in [-0.05, 0) is 12.1 Å². The van der Waals surface area contributed by atoms with Crippen molar-refractivity contribution >= 4 is 27.5 Å². The zero-order valence-electron chi connectivity index (χ0n) is 8.31. The van der Waals surface area contributed by atoms with Gasteiger partial charge >= 0.3 is 0 Å². The van der Waals surface area contributed by atoms with Gasteiger partial charge in [-0.3, -0.25) is 0 Å². The maximum absolute atomic E-state index is 5.92. The Kier molecular flexibility index (Phi) is 3.79. The third kappa shape index (κ3) is 2.54. The zero-order valence-corrected chi connectivity index (χ0v) is 10.6. The van der Waals surface area contributed by atoms with Crippen molar-refractivity contribution in [2.75, 3.05) is 11.9 Å². The Morgan fingerprint density at radius 2 is 2.31 bits per heavy atom. The number of hydrogen-bond acceptors (Lipinski definition) is 3. The number of hydrogen-bond donors (Lipinski definition) is 0. The van der Waals surface area contributed by atoms with Crippen LogP contribution in [0.4, 0.5) is 0 Å². The van der Waals surface area contributed by atoms with E-state index in [0.717, 1.165) is 11.0 Å². The van der Waals surface area contributed by atoms with Crippen molar-refractivity contribution < 1.29 is 4.74 Å². The molecule has 0 aliphatic carbocycles. The molecule has 1 heterocycles. The molecule has 0 fully saturated rings. The molecule has 0 saturated carbocycles. The van der Waals surface area contributed by atoms with E-state index < -0.39 is 0 Å². The van der Waals surface area contributed by atoms with E-state index in [0.29, 0.717) is 17.4 Å². The molecule has 0 N–H and O–H groups in total. The van der Waals surface area contributed by atoms with Crippen LogP contribution < -0.4 is 4.74 Å². The molecule has 0 bridgehead atoms. The lowest BCUT2D eigenvalue weighted by molar-refractivity contribution is 0.343. The van der Waals surface area contributed by atoms with E-state index >= 15 is 0 Å². The number of halogens is 2. The fourth-order valence-corrected chi connectivity index (χ4v) is 1.60. The van der Waals surface area contributed by atoms with E-state index in [2.05, 4.69) is 26.0 Å². The van der Waals surface area contributed by atoms with Crippen molar-refractivity contribution in [1.82, 2.24) is 14.8 Å². The highest BCUT2D eigenvalue weighted by Crippen LogP contribution is 2.26. The van der Waals surface area contributed by atoms with Crippen molar-refractivity contribution in [1.29, 1.82) is 0 Å². The molecule has 84 valence electrons. The van der Waals surface area contributed by atoms with Crippen LogP contribution in [-0.4, -0.2) is 26.7 Å². The number of rotatable bonds is 4. The van der Waals surface area contributed by atoms with Crippen LogP contribution >= 0.6 is 27.5 Å². The van der Waals surface area contributed by atoms with Crippen molar-refractivity contribution in [3.8, 4) is 11.4 Å². The van der Waals surface area contributed by atoms with Crippen LogP contribution in [-0.2, 0) is 0 Å². The summed E-state index contributed by atoms with van der Waals surface area (Å²) in [5.41, 5.74) is 0.822. The normalized spacial score (nSPS) is 10.4. The second kappa shape index (κ2) is 5.32. The molecule has 0 atom stereocenters. The topological polar surface area (TPSA) is 39.9 Å². The molecular weight excluding hydrogens is 293 g/mol. The Bertz CT molecular complexity index is 461. The highest BCUT2D eigenvalue weighted by atomic mass is 79.9. The van der Waals surface area contributed by atoms with Gasteiger partial charge in [0.25, 0.3) is 0 Å². The van der Waals surface area contributed by atoms with Gasteiger partial charge in [0.2, 0.25) is 0 Å². The third-order valence-corrected chi connectivity index (χ3v) is 2.48. The fourth-order valence-electron chi connectivity index (χ4n) is 1.27. The summed E-state index contributed by atoms with van der Waals surface area (Å²) in [7, 11) is 0. The summed E-state index contributed by atoms with van der Waals surface area (Å²) in [5.74, 6) is 0.692. The van der Waals surface area contributed by atoms with Crippen LogP contribution in [0.5, 0.6) is 5.75 Å². The summed E-state index contributed by atoms with van der Waals surface area (Å²) in [6.45, 7) is 0.571. The number of benzene rings is 1. The first-order valence-electron chi connectivity index (χ1n) is 4.64. The Morgan fingerprint density at radius 1 is 1.44 bits per heavy atom. The lowest BCUT2D eigenvalue weighted by Crippen LogP contribution is -2.03. The average Bonchev–Trinajstić information content (AvgIpc) is 2.80. The van der Waals surface area contributed by atoms with Gasteiger partial charge in [0.1, 0.15) is 24.1 Å². The van der Waals surface area contributed by atoms with Gasteiger partial charge in [0.15, 0.2) is 0 Å². The van der Waals surface area contributed by atoms with E-state index in [-0.39, 0.29) is 0 Å². The van der Waals surface area contributed by atoms with E-state index in [4.69, 9.17) is 16.3 Å². The molecule has 1 aromatic carbocycles. The van der Waals surface area contributed by atoms with Gasteiger partial charge < -0.3 is 4.74 Å². The summed E-state index contributed by atoms with van der Waals surface area (Å²) < 4.78 is 7.21. The first-order chi connectivity index (χ1) is 7.81. The molecule has 16 heavy (non-hydrogen) atoms. The molecule has 6 heteroatoms. The second-order valence-electron chi connectivity index (χ2n) is 2.99. The lowest BCUT2D eigenvalue weighted by Gasteiger charge is -2.10. The van der Waals surface area contributed by atoms with E-state index in [1.807, 2.05) is 6.07 Å². The van der Waals surface area contributed by atoms with Crippen LogP contribution in [0.25, 0.3) is 5.69 Å². The molecule has 4 nitrogen and oxygen atoms in total. The van der Waals surface area contributed by atoms with Crippen LogP contribution in [0.2, 0.25) is 5.02 Å². The zero-order chi connectivity index (χ0) is 11.4. The molecule has 0 saturated heterocycles. The molecule has 2 aromatic rings. The molecule has 2 rings (SSSR count). The van der Waals surface area contributed by atoms with E-state index in [1.54, 1.807) is 23.1 Å². The van der Waals surface area contributed by atoms with Gasteiger partial charge in [-0.25, -0.2) is 9.67 Å². The van der Waals surface area contributed by atoms with Crippen molar-refractivity contribution in [3.63, 3.8) is 0 Å². The Morgan fingerprint density at radius 3 is 3.00 bits per heavy atom. The molecule has 0 unspecified atom stereocenters. The molecule has 0 amide bonds. The quantitative estimate of drug-likeness (QED) is 0.815. The standard InChI is InChI=1S/C10H9BrClN3O/c11-3-4-16-10-5-8(12)1-2-9(10)15-7-13-6-14-15/h1-2,5-7H,3-4H2. The number of alkyl halides is 1. The minimum Gasteiger partial charge on any atom is -0.490 e. The SMILES string of the molecule is Clc1ccc(-n2cncn2)c(OCCBr)c1. The maximum Gasteiger partial charge on any atom is 0.146 e. The van der Waals surface area contributed by atoms with Crippen LogP contribution in [0.3, 0.4) is 0 Å². The summed E-state index contributed by atoms with van der Waals surface area (Å²) in [4.78, 5) is 3.90. The van der Waals surface area contributed by atoms with Crippen LogP contribution in [0.15, 0.2) is 30.9 Å². The summed E-state index contributed by atoms with van der Waals surface area (Å²) in [6.07, 6.45) is 3.09. The fraction of sp³-hybridized carbons (Fsp3) is 0.200. The molecule has 0 spiro atoms. The van der Waals surface area contributed by atoms with Crippen LogP contribution in [0, 0.1) is 0 Å². The number of nitrogens with zero attached hydrogens (tertiary/aromatic N) is 3. The first kappa shape index (κ1) is 11.4. The average molecular weight is 303 g/mol. The lowest BCUT2D eigenvalue weighted by atomic mass is 10.3.